The molecule has 1 atom stereocenters. The van der Waals surface area contributed by atoms with Crippen LogP contribution < -0.4 is 10.2 Å². The van der Waals surface area contributed by atoms with Crippen LogP contribution in [0.4, 0.5) is 5.69 Å². The van der Waals surface area contributed by atoms with Crippen LogP contribution in [0, 0.1) is 0 Å². The van der Waals surface area contributed by atoms with E-state index >= 15 is 0 Å². The largest absolute Gasteiger partial charge is 0.371 e. The van der Waals surface area contributed by atoms with E-state index in [-0.39, 0.29) is 0 Å². The number of nitrogens with zero attached hydrogens (tertiary/aromatic N) is 3. The van der Waals surface area contributed by atoms with Gasteiger partial charge in [0.15, 0.2) is 0 Å². The minimum atomic E-state index is 0.358. The Morgan fingerprint density at radius 1 is 1.10 bits per heavy atom. The molecular formula is C17H22N4. The van der Waals surface area contributed by atoms with Crippen LogP contribution in [0.3, 0.4) is 0 Å². The average molecular weight is 282 g/mol. The van der Waals surface area contributed by atoms with Crippen molar-refractivity contribution in [1.29, 1.82) is 0 Å². The minimum Gasteiger partial charge on any atom is -0.371 e. The second-order valence-corrected chi connectivity index (χ2v) is 5.64. The van der Waals surface area contributed by atoms with Crippen LogP contribution >= 0.6 is 0 Å². The quantitative estimate of drug-likeness (QED) is 0.936. The zero-order valence-corrected chi connectivity index (χ0v) is 12.4. The topological polar surface area (TPSA) is 41.0 Å². The highest BCUT2D eigenvalue weighted by Gasteiger charge is 2.21. The zero-order chi connectivity index (χ0) is 14.5. The Morgan fingerprint density at radius 2 is 1.86 bits per heavy atom. The maximum atomic E-state index is 4.20. The molecule has 1 N–H and O–H groups in total. The number of anilines is 1. The first-order valence-corrected chi connectivity index (χ1v) is 7.64. The Labute approximate surface area is 126 Å². The summed E-state index contributed by atoms with van der Waals surface area (Å²) in [5.41, 5.74) is 2.54. The first-order chi connectivity index (χ1) is 10.3. The van der Waals surface area contributed by atoms with Crippen LogP contribution in [0.25, 0.3) is 0 Å². The highest BCUT2D eigenvalue weighted by molar-refractivity contribution is 5.44. The van der Waals surface area contributed by atoms with Gasteiger partial charge in [-0.05, 0) is 43.5 Å². The van der Waals surface area contributed by atoms with Crippen LogP contribution in [0.15, 0.2) is 49.1 Å². The molecule has 110 valence electrons. The highest BCUT2D eigenvalue weighted by atomic mass is 15.1. The molecule has 3 heterocycles. The van der Waals surface area contributed by atoms with E-state index in [1.165, 1.54) is 24.1 Å². The molecule has 0 aromatic carbocycles. The van der Waals surface area contributed by atoms with E-state index in [9.17, 15) is 0 Å². The van der Waals surface area contributed by atoms with E-state index in [1.807, 2.05) is 30.9 Å². The number of pyridine rings is 2. The van der Waals surface area contributed by atoms with Crippen molar-refractivity contribution in [2.45, 2.75) is 31.8 Å². The summed E-state index contributed by atoms with van der Waals surface area (Å²) in [6, 6.07) is 9.25. The molecule has 3 rings (SSSR count). The van der Waals surface area contributed by atoms with Gasteiger partial charge in [0.25, 0.3) is 0 Å². The fourth-order valence-electron chi connectivity index (χ4n) is 2.94. The van der Waals surface area contributed by atoms with Gasteiger partial charge in [0, 0.05) is 55.6 Å². The second-order valence-electron chi connectivity index (χ2n) is 5.64. The molecular weight excluding hydrogens is 260 g/mol. The van der Waals surface area contributed by atoms with E-state index in [2.05, 4.69) is 45.3 Å². The maximum absolute atomic E-state index is 4.20. The van der Waals surface area contributed by atoms with Crippen molar-refractivity contribution in [2.24, 2.45) is 0 Å². The zero-order valence-electron chi connectivity index (χ0n) is 12.4. The fraction of sp³-hybridized carbons (Fsp3) is 0.412. The summed E-state index contributed by atoms with van der Waals surface area (Å²) >= 11 is 0. The Hall–Kier alpha value is -1.94. The number of hydrogen-bond acceptors (Lipinski definition) is 4. The highest BCUT2D eigenvalue weighted by Crippen LogP contribution is 2.21. The lowest BCUT2D eigenvalue weighted by Gasteiger charge is -2.35. The first kappa shape index (κ1) is 14.0. The third-order valence-corrected chi connectivity index (χ3v) is 4.19. The molecule has 1 aliphatic rings. The molecule has 0 saturated carbocycles. The van der Waals surface area contributed by atoms with Gasteiger partial charge in [0.1, 0.15) is 0 Å². The number of aromatic nitrogens is 2. The summed E-state index contributed by atoms with van der Waals surface area (Å²) in [6.07, 6.45) is 9.85. The standard InChI is InChI=1S/C17H22N4/c1-14(15-3-2-8-19-13-15)20-16-6-11-21(12-7-16)17-4-9-18-10-5-17/h2-5,8-10,13-14,16,20H,6-7,11-12H2,1H3/t14-/m0/s1. The Balaban J connectivity index is 1.52. The van der Waals surface area contributed by atoms with Gasteiger partial charge in [-0.2, -0.15) is 0 Å². The van der Waals surface area contributed by atoms with Crippen molar-refractivity contribution in [3.63, 3.8) is 0 Å². The van der Waals surface area contributed by atoms with Gasteiger partial charge in [0.05, 0.1) is 0 Å². The van der Waals surface area contributed by atoms with Gasteiger partial charge in [-0.15, -0.1) is 0 Å². The van der Waals surface area contributed by atoms with E-state index < -0.39 is 0 Å². The molecule has 4 nitrogen and oxygen atoms in total. The molecule has 0 amide bonds. The molecule has 0 aliphatic carbocycles. The summed E-state index contributed by atoms with van der Waals surface area (Å²) in [7, 11) is 0. The Kier molecular flexibility index (Phi) is 4.46. The van der Waals surface area contributed by atoms with Crippen molar-refractivity contribution in [1.82, 2.24) is 15.3 Å². The van der Waals surface area contributed by atoms with Crippen LogP contribution in [-0.4, -0.2) is 29.1 Å². The van der Waals surface area contributed by atoms with Gasteiger partial charge in [0.2, 0.25) is 0 Å². The van der Waals surface area contributed by atoms with Gasteiger partial charge < -0.3 is 10.2 Å². The maximum Gasteiger partial charge on any atom is 0.0397 e. The van der Waals surface area contributed by atoms with Crippen molar-refractivity contribution in [3.05, 3.63) is 54.6 Å². The molecule has 2 aromatic rings. The number of rotatable bonds is 4. The monoisotopic (exact) mass is 282 g/mol. The van der Waals surface area contributed by atoms with E-state index in [4.69, 9.17) is 0 Å². The number of hydrogen-bond donors (Lipinski definition) is 1. The van der Waals surface area contributed by atoms with E-state index in [1.54, 1.807) is 0 Å². The summed E-state index contributed by atoms with van der Waals surface area (Å²) in [5, 5.41) is 3.73. The third-order valence-electron chi connectivity index (χ3n) is 4.19. The van der Waals surface area contributed by atoms with Crippen LogP contribution in [-0.2, 0) is 0 Å². The Bertz CT molecular complexity index is 535. The van der Waals surface area contributed by atoms with Gasteiger partial charge in [-0.1, -0.05) is 6.07 Å². The molecule has 1 saturated heterocycles. The lowest BCUT2D eigenvalue weighted by atomic mass is 10.0. The molecule has 1 aliphatic heterocycles. The molecule has 4 heteroatoms. The summed E-state index contributed by atoms with van der Waals surface area (Å²) < 4.78 is 0. The number of piperidine rings is 1. The van der Waals surface area contributed by atoms with E-state index in [0.717, 1.165) is 13.1 Å². The normalized spacial score (nSPS) is 17.7. The molecule has 1 fully saturated rings. The van der Waals surface area contributed by atoms with E-state index in [0.29, 0.717) is 12.1 Å². The first-order valence-electron chi connectivity index (χ1n) is 7.64. The van der Waals surface area contributed by atoms with Crippen LogP contribution in [0.1, 0.15) is 31.4 Å². The third kappa shape index (κ3) is 3.58. The molecule has 21 heavy (non-hydrogen) atoms. The SMILES string of the molecule is C[C@H](NC1CCN(c2ccncc2)CC1)c1cccnc1. The fourth-order valence-corrected chi connectivity index (χ4v) is 2.94. The lowest BCUT2D eigenvalue weighted by molar-refractivity contribution is 0.380. The minimum absolute atomic E-state index is 0.358. The summed E-state index contributed by atoms with van der Waals surface area (Å²) in [6.45, 7) is 4.41. The van der Waals surface area contributed by atoms with Crippen molar-refractivity contribution >= 4 is 5.69 Å². The van der Waals surface area contributed by atoms with Crippen molar-refractivity contribution in [3.8, 4) is 0 Å². The molecule has 0 radical (unpaired) electrons. The van der Waals surface area contributed by atoms with Gasteiger partial charge in [-0.3, -0.25) is 9.97 Å². The lowest BCUT2D eigenvalue weighted by Crippen LogP contribution is -2.43. The van der Waals surface area contributed by atoms with Crippen molar-refractivity contribution < 1.29 is 0 Å². The van der Waals surface area contributed by atoms with Crippen LogP contribution in [0.5, 0.6) is 0 Å². The molecule has 2 aromatic heterocycles. The smallest absolute Gasteiger partial charge is 0.0397 e. The Morgan fingerprint density at radius 3 is 2.52 bits per heavy atom. The van der Waals surface area contributed by atoms with Crippen molar-refractivity contribution in [2.75, 3.05) is 18.0 Å². The van der Waals surface area contributed by atoms with Crippen LogP contribution in [0.2, 0.25) is 0 Å². The average Bonchev–Trinajstić information content (AvgIpc) is 2.57. The second kappa shape index (κ2) is 6.68. The molecule has 0 bridgehead atoms. The number of nitrogens with one attached hydrogen (secondary N) is 1. The summed E-state index contributed by atoms with van der Waals surface area (Å²) in [4.78, 5) is 10.7. The van der Waals surface area contributed by atoms with Gasteiger partial charge >= 0.3 is 0 Å². The van der Waals surface area contributed by atoms with Gasteiger partial charge in [-0.25, -0.2) is 0 Å². The predicted octanol–water partition coefficient (Wildman–Crippen LogP) is 2.80. The predicted molar refractivity (Wildman–Crippen MR) is 85.3 cm³/mol. The molecule has 0 spiro atoms. The summed E-state index contributed by atoms with van der Waals surface area (Å²) in [5.74, 6) is 0. The molecule has 0 unspecified atom stereocenters.